The Bertz CT molecular complexity index is 516. The van der Waals surface area contributed by atoms with Crippen molar-refractivity contribution < 1.29 is 9.31 Å². The molecule has 1 aliphatic heterocycles. The fourth-order valence-electron chi connectivity index (χ4n) is 1.96. The molecular formula is C14H21BClN3O2. The molecule has 0 unspecified atom stereocenters. The van der Waals surface area contributed by atoms with Gasteiger partial charge in [-0.25, -0.2) is 9.97 Å². The number of hydrogen-bond acceptors (Lipinski definition) is 5. The van der Waals surface area contributed by atoms with Crippen molar-refractivity contribution in [1.29, 1.82) is 0 Å². The fraction of sp³-hybridized carbons (Fsp3) is 0.571. The molecule has 1 N–H and O–H groups in total. The van der Waals surface area contributed by atoms with Crippen molar-refractivity contribution in [3.8, 4) is 0 Å². The van der Waals surface area contributed by atoms with Gasteiger partial charge in [0.05, 0.1) is 16.2 Å². The SMILES string of the molecule is CNCC(=Cc1ncc(Cl)cn1)B1OC(C)(C)C(C)(C)O1. The molecule has 1 saturated heterocycles. The van der Waals surface area contributed by atoms with Crippen LogP contribution in [0.1, 0.15) is 33.5 Å². The average molecular weight is 310 g/mol. The smallest absolute Gasteiger partial charge is 0.400 e. The van der Waals surface area contributed by atoms with Gasteiger partial charge in [-0.2, -0.15) is 0 Å². The molecule has 0 radical (unpaired) electrons. The van der Waals surface area contributed by atoms with Crippen LogP contribution < -0.4 is 5.32 Å². The zero-order valence-electron chi connectivity index (χ0n) is 13.1. The molecule has 0 aromatic carbocycles. The van der Waals surface area contributed by atoms with E-state index >= 15 is 0 Å². The second-order valence-electron chi connectivity index (χ2n) is 6.10. The van der Waals surface area contributed by atoms with Crippen LogP contribution >= 0.6 is 11.6 Å². The summed E-state index contributed by atoms with van der Waals surface area (Å²) in [5, 5.41) is 3.63. The second-order valence-corrected chi connectivity index (χ2v) is 6.53. The van der Waals surface area contributed by atoms with Crippen molar-refractivity contribution in [1.82, 2.24) is 15.3 Å². The van der Waals surface area contributed by atoms with Crippen LogP contribution in [0.15, 0.2) is 17.9 Å². The van der Waals surface area contributed by atoms with Crippen LogP contribution in [0.2, 0.25) is 5.02 Å². The Morgan fingerprint density at radius 2 is 1.76 bits per heavy atom. The van der Waals surface area contributed by atoms with Gasteiger partial charge in [-0.05, 0) is 46.3 Å². The molecule has 1 aliphatic rings. The number of nitrogens with one attached hydrogen (secondary N) is 1. The summed E-state index contributed by atoms with van der Waals surface area (Å²) in [7, 11) is 1.46. The number of halogens is 1. The summed E-state index contributed by atoms with van der Waals surface area (Å²) in [6.07, 6.45) is 5.01. The monoisotopic (exact) mass is 309 g/mol. The van der Waals surface area contributed by atoms with Gasteiger partial charge >= 0.3 is 7.12 Å². The van der Waals surface area contributed by atoms with E-state index < -0.39 is 7.12 Å². The lowest BCUT2D eigenvalue weighted by Gasteiger charge is -2.32. The van der Waals surface area contributed by atoms with Crippen LogP contribution in [-0.2, 0) is 9.31 Å². The lowest BCUT2D eigenvalue weighted by molar-refractivity contribution is 0.00578. The number of hydrogen-bond donors (Lipinski definition) is 1. The Morgan fingerprint density at radius 3 is 2.24 bits per heavy atom. The van der Waals surface area contributed by atoms with Crippen molar-refractivity contribution in [3.05, 3.63) is 28.7 Å². The third kappa shape index (κ3) is 3.63. The van der Waals surface area contributed by atoms with Gasteiger partial charge in [-0.3, -0.25) is 0 Å². The Morgan fingerprint density at radius 1 is 1.24 bits per heavy atom. The molecule has 0 atom stereocenters. The zero-order chi connectivity index (χ0) is 15.7. The van der Waals surface area contributed by atoms with Crippen LogP contribution in [0.5, 0.6) is 0 Å². The minimum atomic E-state index is -0.415. The molecule has 7 heteroatoms. The summed E-state index contributed by atoms with van der Waals surface area (Å²) in [5.74, 6) is 0.583. The summed E-state index contributed by atoms with van der Waals surface area (Å²) in [5.41, 5.74) is 0.204. The van der Waals surface area contributed by atoms with Crippen LogP contribution in [0.25, 0.3) is 6.08 Å². The molecule has 2 rings (SSSR count). The summed E-state index contributed by atoms with van der Waals surface area (Å²) < 4.78 is 12.1. The zero-order valence-corrected chi connectivity index (χ0v) is 13.9. The normalized spacial score (nSPS) is 20.9. The largest absolute Gasteiger partial charge is 0.492 e. The van der Waals surface area contributed by atoms with Crippen molar-refractivity contribution in [2.75, 3.05) is 13.6 Å². The van der Waals surface area contributed by atoms with Crippen molar-refractivity contribution in [2.24, 2.45) is 0 Å². The first-order chi connectivity index (χ1) is 9.75. The highest BCUT2D eigenvalue weighted by Crippen LogP contribution is 2.38. The third-order valence-electron chi connectivity index (χ3n) is 3.89. The van der Waals surface area contributed by atoms with Crippen molar-refractivity contribution in [3.63, 3.8) is 0 Å². The Balaban J connectivity index is 2.26. The molecule has 0 bridgehead atoms. The quantitative estimate of drug-likeness (QED) is 0.865. The van der Waals surface area contributed by atoms with Gasteiger partial charge in [0.2, 0.25) is 0 Å². The van der Waals surface area contributed by atoms with Crippen molar-refractivity contribution in [2.45, 2.75) is 38.9 Å². The van der Waals surface area contributed by atoms with Gasteiger partial charge in [0, 0.05) is 18.9 Å². The van der Waals surface area contributed by atoms with Crippen LogP contribution in [0.4, 0.5) is 0 Å². The summed E-state index contributed by atoms with van der Waals surface area (Å²) in [6.45, 7) is 8.75. The highest BCUT2D eigenvalue weighted by molar-refractivity contribution is 6.55. The lowest BCUT2D eigenvalue weighted by Crippen LogP contribution is -2.41. The Hall–Kier alpha value is -0.945. The molecule has 0 saturated carbocycles. The van der Waals surface area contributed by atoms with E-state index in [4.69, 9.17) is 20.9 Å². The van der Waals surface area contributed by atoms with Gasteiger partial charge in [0.25, 0.3) is 0 Å². The maximum atomic E-state index is 6.06. The van der Waals surface area contributed by atoms with Crippen LogP contribution in [0.3, 0.4) is 0 Å². The van der Waals surface area contributed by atoms with E-state index in [1.807, 2.05) is 40.8 Å². The highest BCUT2D eigenvalue weighted by Gasteiger charge is 2.52. The fourth-order valence-corrected chi connectivity index (χ4v) is 2.06. The summed E-state index contributed by atoms with van der Waals surface area (Å²) in [6, 6.07) is 0. The van der Waals surface area contributed by atoms with E-state index in [2.05, 4.69) is 15.3 Å². The Kier molecular flexibility index (Phi) is 4.73. The maximum Gasteiger partial charge on any atom is 0.492 e. The molecule has 114 valence electrons. The third-order valence-corrected chi connectivity index (χ3v) is 4.09. The first kappa shape index (κ1) is 16.4. The van der Waals surface area contributed by atoms with Crippen LogP contribution in [0, 0.1) is 0 Å². The molecular weight excluding hydrogens is 288 g/mol. The van der Waals surface area contributed by atoms with Gasteiger partial charge in [-0.15, -0.1) is 0 Å². The van der Waals surface area contributed by atoms with E-state index in [-0.39, 0.29) is 11.2 Å². The maximum absolute atomic E-state index is 6.06. The molecule has 21 heavy (non-hydrogen) atoms. The highest BCUT2D eigenvalue weighted by atomic mass is 35.5. The van der Waals surface area contributed by atoms with E-state index in [0.29, 0.717) is 17.4 Å². The molecule has 0 amide bonds. The second kappa shape index (κ2) is 6.05. The average Bonchev–Trinajstić information content (AvgIpc) is 2.60. The number of nitrogens with zero attached hydrogens (tertiary/aromatic N) is 2. The predicted octanol–water partition coefficient (Wildman–Crippen LogP) is 2.36. The van der Waals surface area contributed by atoms with E-state index in [1.165, 1.54) is 0 Å². The molecule has 1 aromatic heterocycles. The minimum Gasteiger partial charge on any atom is -0.400 e. The number of rotatable bonds is 4. The molecule has 2 heterocycles. The van der Waals surface area contributed by atoms with Gasteiger partial charge in [0.1, 0.15) is 0 Å². The van der Waals surface area contributed by atoms with E-state index in [9.17, 15) is 0 Å². The lowest BCUT2D eigenvalue weighted by atomic mass is 9.77. The van der Waals surface area contributed by atoms with Gasteiger partial charge in [-0.1, -0.05) is 11.6 Å². The summed E-state index contributed by atoms with van der Waals surface area (Å²) >= 11 is 5.80. The van der Waals surface area contributed by atoms with Gasteiger partial charge in [0.15, 0.2) is 5.82 Å². The van der Waals surface area contributed by atoms with E-state index in [1.54, 1.807) is 12.4 Å². The molecule has 0 aliphatic carbocycles. The van der Waals surface area contributed by atoms with Crippen LogP contribution in [-0.4, -0.2) is 41.9 Å². The molecule has 5 nitrogen and oxygen atoms in total. The van der Waals surface area contributed by atoms with Gasteiger partial charge < -0.3 is 14.6 Å². The predicted molar refractivity (Wildman–Crippen MR) is 85.0 cm³/mol. The topological polar surface area (TPSA) is 56.3 Å². The first-order valence-corrected chi connectivity index (χ1v) is 7.31. The standard InChI is InChI=1S/C14H21BClN3O2/c1-13(2)14(3,4)21-15(20-13)10(7-17-5)6-12-18-8-11(16)9-19-12/h6,8-9,17H,7H2,1-5H3. The number of aromatic nitrogens is 2. The molecule has 1 aromatic rings. The van der Waals surface area contributed by atoms with Crippen molar-refractivity contribution >= 4 is 24.8 Å². The first-order valence-electron chi connectivity index (χ1n) is 6.93. The minimum absolute atomic E-state index is 0.370. The van der Waals surface area contributed by atoms with E-state index in [0.717, 1.165) is 5.47 Å². The molecule has 1 fully saturated rings. The summed E-state index contributed by atoms with van der Waals surface area (Å²) in [4.78, 5) is 8.37. The Labute approximate surface area is 131 Å². The molecule has 0 spiro atoms. The number of likely N-dealkylation sites (N-methyl/N-ethyl adjacent to an activating group) is 1.